The summed E-state index contributed by atoms with van der Waals surface area (Å²) in [6.45, 7) is 0. The molecular weight excluding hydrogens is 155 g/mol. The van der Waals surface area contributed by atoms with Gasteiger partial charge in [-0.05, 0) is 36.5 Å². The second kappa shape index (κ2) is 2.77. The molecule has 0 unspecified atom stereocenters. The topological polar surface area (TPSA) is 9.23 Å². The first-order chi connectivity index (χ1) is 5.81. The van der Waals surface area contributed by atoms with Gasteiger partial charge in [0.15, 0.2) is 11.6 Å². The molecule has 1 saturated carbocycles. The molecule has 0 heterocycles. The number of hydrogen-bond donors (Lipinski definition) is 0. The van der Waals surface area contributed by atoms with Crippen molar-refractivity contribution in [3.05, 3.63) is 29.6 Å². The van der Waals surface area contributed by atoms with Crippen LogP contribution in [0.15, 0.2) is 12.1 Å². The second-order valence-electron chi connectivity index (χ2n) is 3.09. The highest BCUT2D eigenvalue weighted by molar-refractivity contribution is 5.33. The third-order valence-electron chi connectivity index (χ3n) is 2.15. The molecule has 1 aromatic rings. The van der Waals surface area contributed by atoms with E-state index in [-0.39, 0.29) is 0 Å². The minimum atomic E-state index is -0.401. The lowest BCUT2D eigenvalue weighted by atomic mass is 10.1. The Kier molecular flexibility index (Phi) is 1.75. The van der Waals surface area contributed by atoms with Gasteiger partial charge in [0.05, 0.1) is 7.11 Å². The molecule has 1 aromatic carbocycles. The van der Waals surface area contributed by atoms with Crippen LogP contribution in [0.1, 0.15) is 24.3 Å². The predicted molar refractivity (Wildman–Crippen MR) is 43.8 cm³/mol. The van der Waals surface area contributed by atoms with E-state index >= 15 is 0 Å². The van der Waals surface area contributed by atoms with E-state index in [1.165, 1.54) is 20.0 Å². The van der Waals surface area contributed by atoms with Crippen LogP contribution < -0.4 is 4.74 Å². The van der Waals surface area contributed by atoms with Gasteiger partial charge in [-0.2, -0.15) is 0 Å². The van der Waals surface area contributed by atoms with Crippen LogP contribution in [0.3, 0.4) is 0 Å². The zero-order valence-electron chi connectivity index (χ0n) is 6.93. The summed E-state index contributed by atoms with van der Waals surface area (Å²) in [6, 6.07) is 6.03. The Balaban J connectivity index is 2.33. The molecule has 2 rings (SSSR count). The number of benzene rings is 1. The van der Waals surface area contributed by atoms with E-state index in [2.05, 4.69) is 6.07 Å². The summed E-state index contributed by atoms with van der Waals surface area (Å²) in [5, 5.41) is 0. The van der Waals surface area contributed by atoms with Crippen molar-refractivity contribution in [1.29, 1.82) is 0 Å². The number of ether oxygens (including phenoxy) is 1. The van der Waals surface area contributed by atoms with Gasteiger partial charge in [-0.25, -0.2) is 4.39 Å². The summed E-state index contributed by atoms with van der Waals surface area (Å²) in [5.41, 5.74) is 1.15. The van der Waals surface area contributed by atoms with Gasteiger partial charge in [-0.15, -0.1) is 0 Å². The Hall–Kier alpha value is -1.05. The Morgan fingerprint density at radius 2 is 2.33 bits per heavy atom. The molecule has 0 saturated heterocycles. The number of hydrogen-bond acceptors (Lipinski definition) is 1. The average molecular weight is 165 g/mol. The first-order valence-electron chi connectivity index (χ1n) is 4.06. The van der Waals surface area contributed by atoms with Gasteiger partial charge in [0, 0.05) is 6.07 Å². The highest BCUT2D eigenvalue weighted by Gasteiger charge is 2.24. The average Bonchev–Trinajstić information content (AvgIpc) is 2.88. The van der Waals surface area contributed by atoms with Crippen LogP contribution in [0.5, 0.6) is 5.75 Å². The zero-order chi connectivity index (χ0) is 8.55. The van der Waals surface area contributed by atoms with Gasteiger partial charge in [0.25, 0.3) is 0 Å². The predicted octanol–water partition coefficient (Wildman–Crippen LogP) is 2.51. The Morgan fingerprint density at radius 3 is 2.92 bits per heavy atom. The minimum absolute atomic E-state index is 0.305. The number of methoxy groups -OCH3 is 1. The van der Waals surface area contributed by atoms with Crippen LogP contribution in [0.2, 0.25) is 0 Å². The molecular formula is C10H10FO. The highest BCUT2D eigenvalue weighted by Crippen LogP contribution is 2.41. The molecule has 0 amide bonds. The maximum atomic E-state index is 12.9. The van der Waals surface area contributed by atoms with Crippen molar-refractivity contribution in [2.75, 3.05) is 7.11 Å². The molecule has 0 bridgehead atoms. The van der Waals surface area contributed by atoms with E-state index in [0.29, 0.717) is 11.7 Å². The molecule has 2 heteroatoms. The van der Waals surface area contributed by atoms with Crippen molar-refractivity contribution in [3.63, 3.8) is 0 Å². The summed E-state index contributed by atoms with van der Waals surface area (Å²) in [4.78, 5) is 0. The van der Waals surface area contributed by atoms with E-state index in [1.54, 1.807) is 12.1 Å². The van der Waals surface area contributed by atoms with E-state index in [1.807, 2.05) is 0 Å². The number of halogens is 1. The zero-order valence-corrected chi connectivity index (χ0v) is 6.93. The fraction of sp³-hybridized carbons (Fsp3) is 0.400. The van der Waals surface area contributed by atoms with Crippen molar-refractivity contribution in [3.8, 4) is 5.75 Å². The molecule has 1 radical (unpaired) electrons. The lowest BCUT2D eigenvalue weighted by molar-refractivity contribution is 0.385. The Morgan fingerprint density at radius 1 is 1.58 bits per heavy atom. The van der Waals surface area contributed by atoms with Crippen molar-refractivity contribution in [1.82, 2.24) is 0 Å². The van der Waals surface area contributed by atoms with Crippen molar-refractivity contribution < 1.29 is 9.13 Å². The lowest BCUT2D eigenvalue weighted by Gasteiger charge is -2.03. The molecule has 1 fully saturated rings. The van der Waals surface area contributed by atoms with Crippen molar-refractivity contribution in [2.45, 2.75) is 18.8 Å². The lowest BCUT2D eigenvalue weighted by Crippen LogP contribution is -1.90. The molecule has 0 spiro atoms. The SMILES string of the molecule is COc1cc(C2CC2)c[c]c1F. The molecule has 0 aromatic heterocycles. The van der Waals surface area contributed by atoms with Gasteiger partial charge in [-0.3, -0.25) is 0 Å². The van der Waals surface area contributed by atoms with Crippen molar-refractivity contribution >= 4 is 0 Å². The maximum Gasteiger partial charge on any atom is 0.172 e. The van der Waals surface area contributed by atoms with Crippen LogP contribution in [0.25, 0.3) is 0 Å². The molecule has 1 aliphatic rings. The van der Waals surface area contributed by atoms with E-state index < -0.39 is 5.82 Å². The third-order valence-corrected chi connectivity index (χ3v) is 2.15. The molecule has 12 heavy (non-hydrogen) atoms. The molecule has 0 aliphatic heterocycles. The minimum Gasteiger partial charge on any atom is -0.494 e. The van der Waals surface area contributed by atoms with E-state index in [4.69, 9.17) is 4.74 Å². The van der Waals surface area contributed by atoms with Gasteiger partial charge in [0.2, 0.25) is 0 Å². The summed E-state index contributed by atoms with van der Waals surface area (Å²) < 4.78 is 17.7. The molecule has 1 aliphatic carbocycles. The van der Waals surface area contributed by atoms with Gasteiger partial charge in [0.1, 0.15) is 0 Å². The fourth-order valence-electron chi connectivity index (χ4n) is 1.28. The smallest absolute Gasteiger partial charge is 0.172 e. The first-order valence-corrected chi connectivity index (χ1v) is 4.06. The Labute approximate surface area is 71.2 Å². The van der Waals surface area contributed by atoms with Crippen LogP contribution in [0.4, 0.5) is 4.39 Å². The summed E-state index contributed by atoms with van der Waals surface area (Å²) in [6.07, 6.45) is 2.42. The first kappa shape index (κ1) is 7.59. The van der Waals surface area contributed by atoms with Crippen LogP contribution in [-0.4, -0.2) is 7.11 Å². The quantitative estimate of drug-likeness (QED) is 0.654. The highest BCUT2D eigenvalue weighted by atomic mass is 19.1. The standard InChI is InChI=1S/C10H10FO/c1-12-10-6-8(7-2-3-7)4-5-9(10)11/h4,6-7H,2-3H2,1H3. The van der Waals surface area contributed by atoms with Gasteiger partial charge >= 0.3 is 0 Å². The second-order valence-corrected chi connectivity index (χ2v) is 3.09. The summed E-state index contributed by atoms with van der Waals surface area (Å²) >= 11 is 0. The molecule has 63 valence electrons. The molecule has 0 atom stereocenters. The van der Waals surface area contributed by atoms with Crippen LogP contribution in [0, 0.1) is 11.9 Å². The summed E-state index contributed by atoms with van der Waals surface area (Å²) in [7, 11) is 1.48. The van der Waals surface area contributed by atoms with E-state index in [9.17, 15) is 4.39 Å². The largest absolute Gasteiger partial charge is 0.494 e. The third kappa shape index (κ3) is 1.29. The summed E-state index contributed by atoms with van der Waals surface area (Å²) in [5.74, 6) is 0.525. The Bertz CT molecular complexity index is 292. The maximum absolute atomic E-state index is 12.9. The van der Waals surface area contributed by atoms with Crippen molar-refractivity contribution in [2.24, 2.45) is 0 Å². The number of rotatable bonds is 2. The van der Waals surface area contributed by atoms with Gasteiger partial charge in [-0.1, -0.05) is 0 Å². The molecule has 0 N–H and O–H groups in total. The van der Waals surface area contributed by atoms with Crippen LogP contribution >= 0.6 is 0 Å². The molecule has 1 nitrogen and oxygen atoms in total. The normalized spacial score (nSPS) is 16.2. The monoisotopic (exact) mass is 165 g/mol. The van der Waals surface area contributed by atoms with Gasteiger partial charge < -0.3 is 4.74 Å². The fourth-order valence-corrected chi connectivity index (χ4v) is 1.28. The van der Waals surface area contributed by atoms with Crippen LogP contribution in [-0.2, 0) is 0 Å². The van der Waals surface area contributed by atoms with E-state index in [0.717, 1.165) is 5.56 Å².